The number of amides is 1. The fraction of sp³-hybridized carbons (Fsp3) is 0.429. The van der Waals surface area contributed by atoms with Crippen LogP contribution in [0.3, 0.4) is 0 Å². The van der Waals surface area contributed by atoms with Gasteiger partial charge in [-0.15, -0.1) is 11.8 Å². The topological polar surface area (TPSA) is 55.4 Å². The summed E-state index contributed by atoms with van der Waals surface area (Å²) in [6.07, 6.45) is 1.91. The van der Waals surface area contributed by atoms with Crippen LogP contribution in [0.1, 0.15) is 31.1 Å². The van der Waals surface area contributed by atoms with Crippen molar-refractivity contribution in [3.63, 3.8) is 0 Å². The van der Waals surface area contributed by atoms with Gasteiger partial charge in [-0.05, 0) is 45.2 Å². The van der Waals surface area contributed by atoms with Crippen molar-refractivity contribution < 1.29 is 14.3 Å². The predicted molar refractivity (Wildman–Crippen MR) is 81.4 cm³/mol. The Kier molecular flexibility index (Phi) is 5.89. The molecule has 0 aliphatic carbocycles. The first-order valence-electron chi connectivity index (χ1n) is 6.06. The Labute approximate surface area is 128 Å². The van der Waals surface area contributed by atoms with E-state index in [4.69, 9.17) is 16.3 Å². The largest absolute Gasteiger partial charge is 0.459 e. The van der Waals surface area contributed by atoms with Gasteiger partial charge in [-0.2, -0.15) is 0 Å². The van der Waals surface area contributed by atoms with E-state index < -0.39 is 17.5 Å². The average Bonchev–Trinajstić information content (AvgIpc) is 2.34. The predicted octanol–water partition coefficient (Wildman–Crippen LogP) is 3.13. The molecule has 1 aromatic carbocycles. The molecule has 0 saturated heterocycles. The van der Waals surface area contributed by atoms with Crippen molar-refractivity contribution in [1.29, 1.82) is 0 Å². The highest BCUT2D eigenvalue weighted by Crippen LogP contribution is 2.22. The van der Waals surface area contributed by atoms with E-state index in [1.165, 1.54) is 11.8 Å². The van der Waals surface area contributed by atoms with Gasteiger partial charge in [0.2, 0.25) is 0 Å². The molecule has 0 spiro atoms. The Morgan fingerprint density at radius 1 is 1.35 bits per heavy atom. The molecule has 0 aliphatic heterocycles. The summed E-state index contributed by atoms with van der Waals surface area (Å²) < 4.78 is 5.11. The molecule has 0 aliphatic rings. The number of ether oxygens (including phenoxy) is 1. The lowest BCUT2D eigenvalue weighted by Crippen LogP contribution is -2.34. The van der Waals surface area contributed by atoms with Crippen molar-refractivity contribution in [3.05, 3.63) is 28.8 Å². The third kappa shape index (κ3) is 5.43. The van der Waals surface area contributed by atoms with Crippen LogP contribution in [0, 0.1) is 0 Å². The van der Waals surface area contributed by atoms with Crippen LogP contribution in [-0.4, -0.2) is 30.3 Å². The summed E-state index contributed by atoms with van der Waals surface area (Å²) >= 11 is 7.49. The van der Waals surface area contributed by atoms with Gasteiger partial charge in [-0.25, -0.2) is 0 Å². The number of rotatable bonds is 4. The van der Waals surface area contributed by atoms with Crippen LogP contribution in [0.25, 0.3) is 0 Å². The molecule has 110 valence electrons. The van der Waals surface area contributed by atoms with Crippen LogP contribution in [-0.2, 0) is 9.53 Å². The lowest BCUT2D eigenvalue weighted by molar-refractivity contribution is -0.153. The highest BCUT2D eigenvalue weighted by Gasteiger charge is 2.18. The van der Waals surface area contributed by atoms with Crippen molar-refractivity contribution in [1.82, 2.24) is 5.32 Å². The maximum Gasteiger partial charge on any atom is 0.325 e. The Morgan fingerprint density at radius 2 is 2.00 bits per heavy atom. The van der Waals surface area contributed by atoms with Gasteiger partial charge in [-0.1, -0.05) is 11.6 Å². The van der Waals surface area contributed by atoms with E-state index in [0.29, 0.717) is 10.6 Å². The van der Waals surface area contributed by atoms with Gasteiger partial charge in [0.05, 0.1) is 10.6 Å². The van der Waals surface area contributed by atoms with Crippen LogP contribution >= 0.6 is 23.4 Å². The normalized spacial score (nSPS) is 11.1. The molecule has 0 atom stereocenters. The smallest absolute Gasteiger partial charge is 0.325 e. The minimum atomic E-state index is -0.571. The molecular formula is C14H18ClNO3S. The molecule has 4 nitrogen and oxygen atoms in total. The van der Waals surface area contributed by atoms with E-state index in [0.717, 1.165) is 4.90 Å². The summed E-state index contributed by atoms with van der Waals surface area (Å²) in [7, 11) is 0. The lowest BCUT2D eigenvalue weighted by atomic mass is 10.2. The van der Waals surface area contributed by atoms with Gasteiger partial charge in [0, 0.05) is 4.90 Å². The van der Waals surface area contributed by atoms with E-state index >= 15 is 0 Å². The summed E-state index contributed by atoms with van der Waals surface area (Å²) in [5.41, 5.74) is -0.222. The Hall–Kier alpha value is -1.20. The van der Waals surface area contributed by atoms with Crippen LogP contribution in [0.5, 0.6) is 0 Å². The molecule has 1 amide bonds. The molecule has 0 bridgehead atoms. The average molecular weight is 316 g/mol. The van der Waals surface area contributed by atoms with Gasteiger partial charge >= 0.3 is 5.97 Å². The van der Waals surface area contributed by atoms with Crippen molar-refractivity contribution in [2.75, 3.05) is 12.8 Å². The number of halogens is 1. The maximum absolute atomic E-state index is 12.0. The Bertz CT molecular complexity index is 512. The molecule has 0 aromatic heterocycles. The molecule has 0 radical (unpaired) electrons. The van der Waals surface area contributed by atoms with Gasteiger partial charge in [0.15, 0.2) is 0 Å². The molecule has 0 saturated carbocycles. The van der Waals surface area contributed by atoms with Gasteiger partial charge in [0.1, 0.15) is 12.1 Å². The van der Waals surface area contributed by atoms with E-state index in [1.54, 1.807) is 32.9 Å². The lowest BCUT2D eigenvalue weighted by Gasteiger charge is -2.19. The van der Waals surface area contributed by atoms with Gasteiger partial charge in [0.25, 0.3) is 5.91 Å². The number of thioether (sulfide) groups is 1. The standard InChI is InChI=1S/C14H18ClNO3S/c1-14(2,3)19-12(17)8-16-13(18)10-7-9(20-4)5-6-11(10)15/h5-7H,8H2,1-4H3,(H,16,18). The second kappa shape index (κ2) is 6.99. The zero-order valence-corrected chi connectivity index (χ0v) is 13.5. The summed E-state index contributed by atoms with van der Waals surface area (Å²) in [4.78, 5) is 24.4. The summed E-state index contributed by atoms with van der Waals surface area (Å²) in [6, 6.07) is 5.19. The van der Waals surface area contributed by atoms with Crippen LogP contribution in [0.4, 0.5) is 0 Å². The monoisotopic (exact) mass is 315 g/mol. The van der Waals surface area contributed by atoms with Crippen LogP contribution in [0.15, 0.2) is 23.1 Å². The Balaban J connectivity index is 2.66. The first kappa shape index (κ1) is 16.9. The van der Waals surface area contributed by atoms with E-state index in [1.807, 2.05) is 12.3 Å². The number of carbonyl (C=O) groups excluding carboxylic acids is 2. The number of nitrogens with one attached hydrogen (secondary N) is 1. The minimum absolute atomic E-state index is 0.185. The summed E-state index contributed by atoms with van der Waals surface area (Å²) in [5, 5.41) is 2.86. The fourth-order valence-electron chi connectivity index (χ4n) is 1.43. The van der Waals surface area contributed by atoms with Gasteiger partial charge in [-0.3, -0.25) is 9.59 Å². The van der Waals surface area contributed by atoms with Crippen molar-refractivity contribution in [2.45, 2.75) is 31.3 Å². The van der Waals surface area contributed by atoms with Crippen molar-refractivity contribution in [2.24, 2.45) is 0 Å². The number of benzene rings is 1. The SMILES string of the molecule is CSc1ccc(Cl)c(C(=O)NCC(=O)OC(C)(C)C)c1. The minimum Gasteiger partial charge on any atom is -0.459 e. The Morgan fingerprint density at radius 3 is 2.55 bits per heavy atom. The molecule has 0 unspecified atom stereocenters. The molecule has 1 N–H and O–H groups in total. The first-order valence-corrected chi connectivity index (χ1v) is 7.67. The molecule has 6 heteroatoms. The van der Waals surface area contributed by atoms with E-state index in [-0.39, 0.29) is 6.54 Å². The van der Waals surface area contributed by atoms with Crippen LogP contribution < -0.4 is 5.32 Å². The number of esters is 1. The van der Waals surface area contributed by atoms with Crippen molar-refractivity contribution >= 4 is 35.2 Å². The quantitative estimate of drug-likeness (QED) is 0.685. The molecule has 0 heterocycles. The maximum atomic E-state index is 12.0. The van der Waals surface area contributed by atoms with Gasteiger partial charge < -0.3 is 10.1 Å². The van der Waals surface area contributed by atoms with Crippen molar-refractivity contribution in [3.8, 4) is 0 Å². The highest BCUT2D eigenvalue weighted by atomic mass is 35.5. The number of hydrogen-bond acceptors (Lipinski definition) is 4. The fourth-order valence-corrected chi connectivity index (χ4v) is 2.07. The highest BCUT2D eigenvalue weighted by molar-refractivity contribution is 7.98. The van der Waals surface area contributed by atoms with Crippen LogP contribution in [0.2, 0.25) is 5.02 Å². The van der Waals surface area contributed by atoms with E-state index in [2.05, 4.69) is 5.32 Å². The summed E-state index contributed by atoms with van der Waals surface area (Å²) in [5.74, 6) is -0.875. The number of carbonyl (C=O) groups is 2. The summed E-state index contributed by atoms with van der Waals surface area (Å²) in [6.45, 7) is 5.12. The second-order valence-corrected chi connectivity index (χ2v) is 6.40. The molecule has 20 heavy (non-hydrogen) atoms. The third-order valence-electron chi connectivity index (χ3n) is 2.23. The molecular weight excluding hydrogens is 298 g/mol. The second-order valence-electron chi connectivity index (χ2n) is 5.11. The number of hydrogen-bond donors (Lipinski definition) is 1. The zero-order valence-electron chi connectivity index (χ0n) is 12.0. The molecule has 0 fully saturated rings. The molecule has 1 rings (SSSR count). The zero-order chi connectivity index (χ0) is 15.3. The first-order chi connectivity index (χ1) is 9.23. The van der Waals surface area contributed by atoms with E-state index in [9.17, 15) is 9.59 Å². The molecule has 1 aromatic rings. The third-order valence-corrected chi connectivity index (χ3v) is 3.29.